The van der Waals surface area contributed by atoms with Crippen molar-refractivity contribution in [3.05, 3.63) is 30.0 Å². The molecule has 2 N–H and O–H groups in total. The van der Waals surface area contributed by atoms with E-state index in [2.05, 4.69) is 39.3 Å². The second kappa shape index (κ2) is 4.74. The Kier molecular flexibility index (Phi) is 3.09. The summed E-state index contributed by atoms with van der Waals surface area (Å²) in [5, 5.41) is 0. The van der Waals surface area contributed by atoms with Crippen LogP contribution in [-0.2, 0) is 5.75 Å². The van der Waals surface area contributed by atoms with E-state index in [4.69, 9.17) is 5.73 Å². The minimum absolute atomic E-state index is 0.284. The number of aromatic nitrogens is 2. The molecule has 1 aromatic heterocycles. The van der Waals surface area contributed by atoms with E-state index in [0.29, 0.717) is 0 Å². The van der Waals surface area contributed by atoms with E-state index in [1.165, 1.54) is 5.56 Å². The Labute approximate surface area is 111 Å². The summed E-state index contributed by atoms with van der Waals surface area (Å²) >= 11 is 1.81. The van der Waals surface area contributed by atoms with Gasteiger partial charge in [0.05, 0.1) is 17.2 Å². The van der Waals surface area contributed by atoms with E-state index in [1.54, 1.807) is 0 Å². The van der Waals surface area contributed by atoms with Crippen LogP contribution in [0.4, 0.5) is 5.82 Å². The Morgan fingerprint density at radius 2 is 2.22 bits per heavy atom. The average molecular weight is 260 g/mol. The highest BCUT2D eigenvalue weighted by molar-refractivity contribution is 7.97. The normalized spacial score (nSPS) is 16.0. The Morgan fingerprint density at radius 1 is 1.39 bits per heavy atom. The molecule has 2 aromatic rings. The fourth-order valence-electron chi connectivity index (χ4n) is 2.16. The zero-order valence-corrected chi connectivity index (χ0v) is 11.2. The van der Waals surface area contributed by atoms with Gasteiger partial charge in [-0.05, 0) is 24.0 Å². The molecule has 94 valence electrons. The SMILES string of the molecule is CSCc1ccc2nc(N3CC(N)C3)cnc2c1. The van der Waals surface area contributed by atoms with Crippen LogP contribution in [-0.4, -0.2) is 35.4 Å². The fourth-order valence-corrected chi connectivity index (χ4v) is 2.67. The third kappa shape index (κ3) is 2.15. The van der Waals surface area contributed by atoms with E-state index < -0.39 is 0 Å². The summed E-state index contributed by atoms with van der Waals surface area (Å²) in [6.45, 7) is 1.76. The van der Waals surface area contributed by atoms with Crippen LogP contribution in [0.1, 0.15) is 5.56 Å². The summed E-state index contributed by atoms with van der Waals surface area (Å²) < 4.78 is 0. The molecular formula is C13H16N4S. The van der Waals surface area contributed by atoms with Crippen molar-refractivity contribution in [3.8, 4) is 0 Å². The standard InChI is InChI=1S/C13H16N4S/c1-18-8-9-2-3-11-12(4-9)15-5-13(16-11)17-6-10(14)7-17/h2-5,10H,6-8,14H2,1H3. The number of anilines is 1. The molecule has 0 spiro atoms. The predicted molar refractivity (Wildman–Crippen MR) is 76.9 cm³/mol. The lowest BCUT2D eigenvalue weighted by atomic mass is 10.1. The van der Waals surface area contributed by atoms with E-state index in [1.807, 2.05) is 18.0 Å². The highest BCUT2D eigenvalue weighted by Crippen LogP contribution is 2.21. The number of hydrogen-bond acceptors (Lipinski definition) is 5. The summed E-state index contributed by atoms with van der Waals surface area (Å²) in [7, 11) is 0. The maximum Gasteiger partial charge on any atom is 0.147 e. The van der Waals surface area contributed by atoms with Crippen LogP contribution in [0.2, 0.25) is 0 Å². The second-order valence-electron chi connectivity index (χ2n) is 4.65. The van der Waals surface area contributed by atoms with Gasteiger partial charge in [-0.15, -0.1) is 0 Å². The molecule has 1 fully saturated rings. The number of thioether (sulfide) groups is 1. The molecule has 2 heterocycles. The molecule has 1 saturated heterocycles. The molecule has 1 aliphatic rings. The van der Waals surface area contributed by atoms with Gasteiger partial charge in [-0.1, -0.05) is 6.07 Å². The molecule has 0 unspecified atom stereocenters. The molecule has 0 saturated carbocycles. The molecule has 0 atom stereocenters. The zero-order chi connectivity index (χ0) is 12.5. The van der Waals surface area contributed by atoms with Crippen molar-refractivity contribution >= 4 is 28.6 Å². The van der Waals surface area contributed by atoms with Gasteiger partial charge in [0.15, 0.2) is 0 Å². The summed E-state index contributed by atoms with van der Waals surface area (Å²) in [4.78, 5) is 11.3. The van der Waals surface area contributed by atoms with Gasteiger partial charge in [-0.3, -0.25) is 4.98 Å². The number of rotatable bonds is 3. The number of fused-ring (bicyclic) bond motifs is 1. The lowest BCUT2D eigenvalue weighted by Gasteiger charge is -2.37. The van der Waals surface area contributed by atoms with Gasteiger partial charge >= 0.3 is 0 Å². The van der Waals surface area contributed by atoms with Crippen molar-refractivity contribution in [1.29, 1.82) is 0 Å². The van der Waals surface area contributed by atoms with Crippen LogP contribution >= 0.6 is 11.8 Å². The lowest BCUT2D eigenvalue weighted by molar-refractivity contribution is 0.514. The van der Waals surface area contributed by atoms with Gasteiger partial charge in [-0.25, -0.2) is 4.98 Å². The number of nitrogens with zero attached hydrogens (tertiary/aromatic N) is 3. The van der Waals surface area contributed by atoms with Gasteiger partial charge in [0.2, 0.25) is 0 Å². The molecule has 0 aliphatic carbocycles. The molecule has 0 amide bonds. The van der Waals surface area contributed by atoms with E-state index >= 15 is 0 Å². The van der Waals surface area contributed by atoms with Gasteiger partial charge in [0, 0.05) is 24.9 Å². The first-order valence-electron chi connectivity index (χ1n) is 6.01. The third-order valence-corrected chi connectivity index (χ3v) is 3.76. The Balaban J connectivity index is 1.90. The Hall–Kier alpha value is -1.33. The predicted octanol–water partition coefficient (Wildman–Crippen LogP) is 1.64. The lowest BCUT2D eigenvalue weighted by Crippen LogP contribution is -2.56. The minimum Gasteiger partial charge on any atom is -0.352 e. The number of benzene rings is 1. The fraction of sp³-hybridized carbons (Fsp3) is 0.385. The first-order chi connectivity index (χ1) is 8.76. The molecule has 1 aromatic carbocycles. The zero-order valence-electron chi connectivity index (χ0n) is 10.3. The van der Waals surface area contributed by atoms with Gasteiger partial charge < -0.3 is 10.6 Å². The van der Waals surface area contributed by atoms with Crippen LogP contribution in [0.5, 0.6) is 0 Å². The summed E-state index contributed by atoms with van der Waals surface area (Å²) in [6, 6.07) is 6.58. The second-order valence-corrected chi connectivity index (χ2v) is 5.52. The number of nitrogens with two attached hydrogens (primary N) is 1. The van der Waals surface area contributed by atoms with Crippen LogP contribution in [0.3, 0.4) is 0 Å². The average Bonchev–Trinajstić information content (AvgIpc) is 2.35. The highest BCUT2D eigenvalue weighted by atomic mass is 32.2. The molecular weight excluding hydrogens is 244 g/mol. The van der Waals surface area contributed by atoms with Crippen LogP contribution in [0.15, 0.2) is 24.4 Å². The molecule has 0 bridgehead atoms. The maximum atomic E-state index is 5.78. The van der Waals surface area contributed by atoms with Crippen molar-refractivity contribution in [2.45, 2.75) is 11.8 Å². The third-order valence-electron chi connectivity index (χ3n) is 3.14. The van der Waals surface area contributed by atoms with Gasteiger partial charge in [-0.2, -0.15) is 11.8 Å². The van der Waals surface area contributed by atoms with Crippen molar-refractivity contribution in [2.75, 3.05) is 24.2 Å². The Morgan fingerprint density at radius 3 is 2.94 bits per heavy atom. The number of hydrogen-bond donors (Lipinski definition) is 1. The first-order valence-corrected chi connectivity index (χ1v) is 7.41. The minimum atomic E-state index is 0.284. The van der Waals surface area contributed by atoms with Crippen molar-refractivity contribution in [2.24, 2.45) is 5.73 Å². The highest BCUT2D eigenvalue weighted by Gasteiger charge is 2.24. The van der Waals surface area contributed by atoms with E-state index in [0.717, 1.165) is 35.7 Å². The van der Waals surface area contributed by atoms with Crippen LogP contribution in [0, 0.1) is 0 Å². The monoisotopic (exact) mass is 260 g/mol. The maximum absolute atomic E-state index is 5.78. The van der Waals surface area contributed by atoms with Crippen molar-refractivity contribution < 1.29 is 0 Å². The summed E-state index contributed by atoms with van der Waals surface area (Å²) in [6.07, 6.45) is 3.95. The molecule has 18 heavy (non-hydrogen) atoms. The van der Waals surface area contributed by atoms with E-state index in [9.17, 15) is 0 Å². The summed E-state index contributed by atoms with van der Waals surface area (Å²) in [5.41, 5.74) is 9.00. The van der Waals surface area contributed by atoms with Gasteiger partial charge in [0.25, 0.3) is 0 Å². The van der Waals surface area contributed by atoms with Crippen LogP contribution < -0.4 is 10.6 Å². The Bertz CT molecular complexity index is 566. The molecule has 5 heteroatoms. The van der Waals surface area contributed by atoms with Crippen molar-refractivity contribution in [1.82, 2.24) is 9.97 Å². The first kappa shape index (κ1) is 11.7. The van der Waals surface area contributed by atoms with E-state index in [-0.39, 0.29) is 6.04 Å². The molecule has 1 aliphatic heterocycles. The summed E-state index contributed by atoms with van der Waals surface area (Å²) in [5.74, 6) is 1.95. The smallest absolute Gasteiger partial charge is 0.147 e. The van der Waals surface area contributed by atoms with Crippen molar-refractivity contribution in [3.63, 3.8) is 0 Å². The molecule has 3 rings (SSSR count). The van der Waals surface area contributed by atoms with Crippen LogP contribution in [0.25, 0.3) is 11.0 Å². The van der Waals surface area contributed by atoms with Gasteiger partial charge in [0.1, 0.15) is 5.82 Å². The topological polar surface area (TPSA) is 55.0 Å². The largest absolute Gasteiger partial charge is 0.352 e. The molecule has 0 radical (unpaired) electrons. The quantitative estimate of drug-likeness (QED) is 0.909. The molecule has 4 nitrogen and oxygen atoms in total.